The third kappa shape index (κ3) is 2.18. The van der Waals surface area contributed by atoms with Crippen LogP contribution in [0.3, 0.4) is 0 Å². The van der Waals surface area contributed by atoms with Crippen molar-refractivity contribution < 1.29 is 9.21 Å². The fraction of sp³-hybridized carbons (Fsp3) is 0.0714. The van der Waals surface area contributed by atoms with Gasteiger partial charge in [-0.2, -0.15) is 5.10 Å². The molecule has 3 heterocycles. The van der Waals surface area contributed by atoms with Crippen LogP contribution in [0.15, 0.2) is 47.2 Å². The summed E-state index contributed by atoms with van der Waals surface area (Å²) in [5, 5.41) is 9.66. The van der Waals surface area contributed by atoms with Crippen LogP contribution < -0.4 is 5.32 Å². The molecule has 20 heavy (non-hydrogen) atoms. The summed E-state index contributed by atoms with van der Waals surface area (Å²) in [6.45, 7) is 1.78. The highest BCUT2D eigenvalue weighted by Crippen LogP contribution is 2.24. The maximum absolute atomic E-state index is 12.4. The van der Waals surface area contributed by atoms with Gasteiger partial charge in [0.15, 0.2) is 5.76 Å². The molecule has 3 aromatic heterocycles. The van der Waals surface area contributed by atoms with Crippen molar-refractivity contribution in [2.24, 2.45) is 0 Å². The molecule has 0 fully saturated rings. The lowest BCUT2D eigenvalue weighted by Gasteiger charge is -2.04. The molecule has 0 saturated heterocycles. The van der Waals surface area contributed by atoms with Crippen molar-refractivity contribution >= 4 is 11.7 Å². The van der Waals surface area contributed by atoms with E-state index in [1.54, 1.807) is 49.7 Å². The monoisotopic (exact) mass is 268 g/mol. The third-order valence-electron chi connectivity index (χ3n) is 2.84. The normalized spacial score (nSPS) is 10.4. The molecule has 6 heteroatoms. The third-order valence-corrected chi connectivity index (χ3v) is 2.84. The van der Waals surface area contributed by atoms with Crippen molar-refractivity contribution in [3.05, 3.63) is 54.0 Å². The molecule has 2 N–H and O–H groups in total. The van der Waals surface area contributed by atoms with Crippen LogP contribution >= 0.6 is 0 Å². The number of hydrogen-bond donors (Lipinski definition) is 2. The molecule has 100 valence electrons. The van der Waals surface area contributed by atoms with Gasteiger partial charge < -0.3 is 9.73 Å². The summed E-state index contributed by atoms with van der Waals surface area (Å²) in [5.74, 6) is 0.755. The van der Waals surface area contributed by atoms with Gasteiger partial charge in [-0.25, -0.2) is 4.98 Å². The lowest BCUT2D eigenvalue weighted by atomic mass is 10.1. The largest absolute Gasteiger partial charge is 0.463 e. The number of nitrogens with one attached hydrogen (secondary N) is 2. The number of aromatic nitrogens is 3. The van der Waals surface area contributed by atoms with Gasteiger partial charge in [0.1, 0.15) is 11.5 Å². The second-order valence-electron chi connectivity index (χ2n) is 4.22. The van der Waals surface area contributed by atoms with Crippen molar-refractivity contribution in [1.29, 1.82) is 0 Å². The Bertz CT molecular complexity index is 717. The number of nitrogens with zero attached hydrogens (tertiary/aromatic N) is 2. The maximum atomic E-state index is 12.4. The molecule has 3 rings (SSSR count). The highest BCUT2D eigenvalue weighted by Gasteiger charge is 2.21. The zero-order valence-corrected chi connectivity index (χ0v) is 10.8. The summed E-state index contributed by atoms with van der Waals surface area (Å²) in [7, 11) is 0. The SMILES string of the molecule is Cc1[nH]nc(-c2ccco2)c1C(=O)Nc1ccccn1. The lowest BCUT2D eigenvalue weighted by molar-refractivity contribution is 0.102. The highest BCUT2D eigenvalue weighted by molar-refractivity contribution is 6.08. The van der Waals surface area contributed by atoms with E-state index in [-0.39, 0.29) is 5.91 Å². The van der Waals surface area contributed by atoms with E-state index in [1.807, 2.05) is 0 Å². The van der Waals surface area contributed by atoms with Gasteiger partial charge in [-0.15, -0.1) is 0 Å². The summed E-state index contributed by atoms with van der Waals surface area (Å²) < 4.78 is 5.30. The van der Waals surface area contributed by atoms with E-state index in [2.05, 4.69) is 20.5 Å². The smallest absolute Gasteiger partial charge is 0.261 e. The fourth-order valence-electron chi connectivity index (χ4n) is 1.91. The number of aryl methyl sites for hydroxylation is 1. The van der Waals surface area contributed by atoms with E-state index in [0.717, 1.165) is 0 Å². The van der Waals surface area contributed by atoms with Crippen LogP contribution in [0.2, 0.25) is 0 Å². The first-order valence-corrected chi connectivity index (χ1v) is 6.07. The molecule has 0 aliphatic carbocycles. The molecular formula is C14H12N4O2. The van der Waals surface area contributed by atoms with Crippen LogP contribution in [0.25, 0.3) is 11.5 Å². The Kier molecular flexibility index (Phi) is 3.04. The predicted octanol–water partition coefficient (Wildman–Crippen LogP) is 2.63. The second kappa shape index (κ2) is 5.00. The summed E-state index contributed by atoms with van der Waals surface area (Å²) in [6, 6.07) is 8.82. The zero-order valence-electron chi connectivity index (χ0n) is 10.8. The van der Waals surface area contributed by atoms with Gasteiger partial charge in [0, 0.05) is 11.9 Å². The van der Waals surface area contributed by atoms with Crippen LogP contribution in [0.4, 0.5) is 5.82 Å². The van der Waals surface area contributed by atoms with Crippen molar-refractivity contribution in [3.8, 4) is 11.5 Å². The first-order chi connectivity index (χ1) is 9.75. The summed E-state index contributed by atoms with van der Waals surface area (Å²) in [6.07, 6.45) is 3.16. The molecule has 1 amide bonds. The Balaban J connectivity index is 1.94. The molecule has 0 saturated carbocycles. The fourth-order valence-corrected chi connectivity index (χ4v) is 1.91. The number of carbonyl (C=O) groups is 1. The number of furan rings is 1. The van der Waals surface area contributed by atoms with Gasteiger partial charge in [-0.1, -0.05) is 6.07 Å². The molecule has 3 aromatic rings. The van der Waals surface area contributed by atoms with Crippen LogP contribution in [-0.4, -0.2) is 21.1 Å². The maximum Gasteiger partial charge on any atom is 0.261 e. The molecule has 0 unspecified atom stereocenters. The number of aromatic amines is 1. The quantitative estimate of drug-likeness (QED) is 0.764. The van der Waals surface area contributed by atoms with Crippen LogP contribution in [0.1, 0.15) is 16.1 Å². The van der Waals surface area contributed by atoms with Crippen LogP contribution in [0.5, 0.6) is 0 Å². The van der Waals surface area contributed by atoms with E-state index < -0.39 is 0 Å². The molecule has 0 aliphatic heterocycles. The molecule has 0 atom stereocenters. The molecule has 0 bridgehead atoms. The number of carbonyl (C=O) groups excluding carboxylic acids is 1. The van der Waals surface area contributed by atoms with E-state index in [1.165, 1.54) is 0 Å². The Labute approximate surface area is 114 Å². The number of rotatable bonds is 3. The summed E-state index contributed by atoms with van der Waals surface area (Å²) in [4.78, 5) is 16.4. The number of H-pyrrole nitrogens is 1. The molecule has 0 spiro atoms. The van der Waals surface area contributed by atoms with E-state index in [4.69, 9.17) is 4.42 Å². The van der Waals surface area contributed by atoms with Gasteiger partial charge in [0.25, 0.3) is 5.91 Å². The molecule has 0 radical (unpaired) electrons. The lowest BCUT2D eigenvalue weighted by Crippen LogP contribution is -2.14. The Morgan fingerprint density at radius 3 is 2.90 bits per heavy atom. The summed E-state index contributed by atoms with van der Waals surface area (Å²) >= 11 is 0. The topological polar surface area (TPSA) is 83.8 Å². The number of amides is 1. The average Bonchev–Trinajstić information content (AvgIpc) is 3.08. The van der Waals surface area contributed by atoms with Gasteiger partial charge in [-0.3, -0.25) is 9.89 Å². The first kappa shape index (κ1) is 12.2. The van der Waals surface area contributed by atoms with Crippen molar-refractivity contribution in [1.82, 2.24) is 15.2 Å². The van der Waals surface area contributed by atoms with Gasteiger partial charge >= 0.3 is 0 Å². The predicted molar refractivity (Wildman–Crippen MR) is 73.2 cm³/mol. The second-order valence-corrected chi connectivity index (χ2v) is 4.22. The minimum absolute atomic E-state index is 0.277. The Hall–Kier alpha value is -2.89. The minimum Gasteiger partial charge on any atom is -0.463 e. The highest BCUT2D eigenvalue weighted by atomic mass is 16.3. The van der Waals surface area contributed by atoms with Crippen molar-refractivity contribution in [2.75, 3.05) is 5.32 Å². The Morgan fingerprint density at radius 1 is 1.30 bits per heavy atom. The van der Waals surface area contributed by atoms with Crippen LogP contribution in [0, 0.1) is 6.92 Å². The average molecular weight is 268 g/mol. The van der Waals surface area contributed by atoms with Crippen molar-refractivity contribution in [2.45, 2.75) is 6.92 Å². The Morgan fingerprint density at radius 2 is 2.20 bits per heavy atom. The molecule has 0 aromatic carbocycles. The van der Waals surface area contributed by atoms with Gasteiger partial charge in [0.05, 0.1) is 11.8 Å². The first-order valence-electron chi connectivity index (χ1n) is 6.07. The standard InChI is InChI=1S/C14H12N4O2/c1-9-12(13(18-17-9)10-5-4-8-20-10)14(19)16-11-6-2-3-7-15-11/h2-8H,1H3,(H,17,18)(H,15,16,19). The number of pyridine rings is 1. The van der Waals surface area contributed by atoms with E-state index in [0.29, 0.717) is 28.5 Å². The molecule has 6 nitrogen and oxygen atoms in total. The van der Waals surface area contributed by atoms with Gasteiger partial charge in [-0.05, 0) is 31.2 Å². The minimum atomic E-state index is -0.277. The number of hydrogen-bond acceptors (Lipinski definition) is 4. The molecular weight excluding hydrogens is 256 g/mol. The van der Waals surface area contributed by atoms with Crippen molar-refractivity contribution in [3.63, 3.8) is 0 Å². The van der Waals surface area contributed by atoms with Gasteiger partial charge in [0.2, 0.25) is 0 Å². The molecule has 0 aliphatic rings. The summed E-state index contributed by atoms with van der Waals surface area (Å²) in [5.41, 5.74) is 1.61. The van der Waals surface area contributed by atoms with Crippen LogP contribution in [-0.2, 0) is 0 Å². The number of anilines is 1. The van der Waals surface area contributed by atoms with E-state index in [9.17, 15) is 4.79 Å². The zero-order chi connectivity index (χ0) is 13.9. The van der Waals surface area contributed by atoms with E-state index >= 15 is 0 Å².